The maximum atomic E-state index is 13.7. The van der Waals surface area contributed by atoms with Crippen LogP contribution in [0.1, 0.15) is 23.8 Å². The summed E-state index contributed by atoms with van der Waals surface area (Å²) in [6.07, 6.45) is 2.00. The van der Waals surface area contributed by atoms with E-state index < -0.39 is 0 Å². The summed E-state index contributed by atoms with van der Waals surface area (Å²) in [7, 11) is 0. The highest BCUT2D eigenvalue weighted by atomic mass is 32.2. The molecular formula is C12H14FN3S. The Bertz CT molecular complexity index is 524. The summed E-state index contributed by atoms with van der Waals surface area (Å²) in [6.45, 7) is 3.85. The SMILES string of the molecule is CSC(C)c1nc(C)nn1-c1ccccc1F. The molecule has 1 aromatic heterocycles. The van der Waals surface area contributed by atoms with Gasteiger partial charge >= 0.3 is 0 Å². The van der Waals surface area contributed by atoms with E-state index in [1.54, 1.807) is 34.6 Å². The van der Waals surface area contributed by atoms with Gasteiger partial charge in [-0.05, 0) is 32.2 Å². The minimum atomic E-state index is -0.285. The molecule has 0 N–H and O–H groups in total. The van der Waals surface area contributed by atoms with E-state index in [1.165, 1.54) is 6.07 Å². The number of aryl methyl sites for hydroxylation is 1. The van der Waals surface area contributed by atoms with Gasteiger partial charge in [0.25, 0.3) is 0 Å². The normalized spacial score (nSPS) is 12.7. The molecule has 3 nitrogen and oxygen atoms in total. The average Bonchev–Trinajstić information content (AvgIpc) is 2.71. The van der Waals surface area contributed by atoms with Crippen LogP contribution in [0.4, 0.5) is 4.39 Å². The van der Waals surface area contributed by atoms with Gasteiger partial charge in [-0.3, -0.25) is 0 Å². The lowest BCUT2D eigenvalue weighted by Gasteiger charge is -2.10. The van der Waals surface area contributed by atoms with Crippen LogP contribution in [0.5, 0.6) is 0 Å². The fourth-order valence-corrected chi connectivity index (χ4v) is 1.96. The quantitative estimate of drug-likeness (QED) is 0.839. The molecule has 0 aliphatic rings. The van der Waals surface area contributed by atoms with Gasteiger partial charge in [0.05, 0.1) is 5.25 Å². The van der Waals surface area contributed by atoms with E-state index in [1.807, 2.05) is 20.1 Å². The summed E-state index contributed by atoms with van der Waals surface area (Å²) in [5.41, 5.74) is 0.448. The van der Waals surface area contributed by atoms with Crippen LogP contribution < -0.4 is 0 Å². The van der Waals surface area contributed by atoms with Gasteiger partial charge in [0.1, 0.15) is 23.2 Å². The van der Waals surface area contributed by atoms with Crippen molar-refractivity contribution in [2.24, 2.45) is 0 Å². The molecule has 0 amide bonds. The Labute approximate surface area is 104 Å². The van der Waals surface area contributed by atoms with Gasteiger partial charge in [0.15, 0.2) is 0 Å². The largest absolute Gasteiger partial charge is 0.215 e. The van der Waals surface area contributed by atoms with Crippen molar-refractivity contribution in [3.8, 4) is 5.69 Å². The summed E-state index contributed by atoms with van der Waals surface area (Å²) in [5.74, 6) is 1.15. The van der Waals surface area contributed by atoms with Crippen molar-refractivity contribution in [2.75, 3.05) is 6.26 Å². The van der Waals surface area contributed by atoms with Gasteiger partial charge in [-0.1, -0.05) is 12.1 Å². The molecule has 0 saturated heterocycles. The molecule has 0 aliphatic carbocycles. The van der Waals surface area contributed by atoms with Crippen molar-refractivity contribution in [2.45, 2.75) is 19.1 Å². The van der Waals surface area contributed by atoms with Crippen LogP contribution in [0, 0.1) is 12.7 Å². The van der Waals surface area contributed by atoms with Gasteiger partial charge in [0.2, 0.25) is 0 Å². The Morgan fingerprint density at radius 1 is 1.35 bits per heavy atom. The van der Waals surface area contributed by atoms with Crippen molar-refractivity contribution in [1.82, 2.24) is 14.8 Å². The third kappa shape index (κ3) is 2.34. The molecule has 0 fully saturated rings. The first-order valence-electron chi connectivity index (χ1n) is 5.34. The van der Waals surface area contributed by atoms with Crippen LogP contribution in [0.3, 0.4) is 0 Å². The summed E-state index contributed by atoms with van der Waals surface area (Å²) in [5, 5.41) is 4.44. The van der Waals surface area contributed by atoms with E-state index in [4.69, 9.17) is 0 Å². The first kappa shape index (κ1) is 12.1. The van der Waals surface area contributed by atoms with Crippen LogP contribution in [-0.4, -0.2) is 21.0 Å². The van der Waals surface area contributed by atoms with Crippen molar-refractivity contribution in [3.05, 3.63) is 41.7 Å². The molecule has 5 heteroatoms. The summed E-state index contributed by atoms with van der Waals surface area (Å²) in [6, 6.07) is 6.60. The summed E-state index contributed by atoms with van der Waals surface area (Å²) >= 11 is 1.66. The van der Waals surface area contributed by atoms with Gasteiger partial charge < -0.3 is 0 Å². The van der Waals surface area contributed by atoms with Crippen molar-refractivity contribution >= 4 is 11.8 Å². The van der Waals surface area contributed by atoms with E-state index in [0.717, 1.165) is 5.82 Å². The Morgan fingerprint density at radius 3 is 2.71 bits per heavy atom. The standard InChI is InChI=1S/C12H14FN3S/c1-8(17-3)12-14-9(2)15-16(12)11-7-5-4-6-10(11)13/h4-8H,1-3H3. The van der Waals surface area contributed by atoms with Gasteiger partial charge in [-0.25, -0.2) is 14.1 Å². The topological polar surface area (TPSA) is 30.7 Å². The highest BCUT2D eigenvalue weighted by Crippen LogP contribution is 2.26. The second kappa shape index (κ2) is 4.87. The zero-order valence-corrected chi connectivity index (χ0v) is 10.8. The molecule has 0 aliphatic heterocycles. The number of hydrogen-bond acceptors (Lipinski definition) is 3. The fourth-order valence-electron chi connectivity index (χ4n) is 1.60. The second-order valence-electron chi connectivity index (χ2n) is 3.76. The number of hydrogen-bond donors (Lipinski definition) is 0. The Balaban J connectivity index is 2.56. The molecule has 2 rings (SSSR count). The van der Waals surface area contributed by atoms with Gasteiger partial charge in [-0.2, -0.15) is 16.9 Å². The third-order valence-electron chi connectivity index (χ3n) is 2.54. The monoisotopic (exact) mass is 251 g/mol. The highest BCUT2D eigenvalue weighted by Gasteiger charge is 2.17. The van der Waals surface area contributed by atoms with Crippen molar-refractivity contribution < 1.29 is 4.39 Å². The van der Waals surface area contributed by atoms with E-state index in [2.05, 4.69) is 10.1 Å². The minimum Gasteiger partial charge on any atom is -0.215 e. The molecular weight excluding hydrogens is 237 g/mol. The lowest BCUT2D eigenvalue weighted by atomic mass is 10.3. The van der Waals surface area contributed by atoms with Crippen molar-refractivity contribution in [1.29, 1.82) is 0 Å². The van der Waals surface area contributed by atoms with Gasteiger partial charge in [-0.15, -0.1) is 0 Å². The van der Waals surface area contributed by atoms with Crippen molar-refractivity contribution in [3.63, 3.8) is 0 Å². The molecule has 17 heavy (non-hydrogen) atoms. The number of thioether (sulfide) groups is 1. The molecule has 90 valence electrons. The number of aromatic nitrogens is 3. The molecule has 1 atom stereocenters. The van der Waals surface area contributed by atoms with Crippen LogP contribution in [0.2, 0.25) is 0 Å². The smallest absolute Gasteiger partial charge is 0.148 e. The first-order chi connectivity index (χ1) is 8.13. The number of benzene rings is 1. The molecule has 0 radical (unpaired) electrons. The van der Waals surface area contributed by atoms with E-state index in [-0.39, 0.29) is 11.1 Å². The van der Waals surface area contributed by atoms with E-state index in [9.17, 15) is 4.39 Å². The maximum Gasteiger partial charge on any atom is 0.148 e. The molecule has 1 unspecified atom stereocenters. The average molecular weight is 251 g/mol. The predicted octanol–water partition coefficient (Wildman–Crippen LogP) is 3.14. The molecule has 2 aromatic rings. The Hall–Kier alpha value is -1.36. The fraction of sp³-hybridized carbons (Fsp3) is 0.333. The van der Waals surface area contributed by atoms with Crippen LogP contribution in [-0.2, 0) is 0 Å². The highest BCUT2D eigenvalue weighted by molar-refractivity contribution is 7.98. The van der Waals surface area contributed by atoms with E-state index in [0.29, 0.717) is 11.5 Å². The third-order valence-corrected chi connectivity index (χ3v) is 3.45. The summed E-state index contributed by atoms with van der Waals surface area (Å²) < 4.78 is 15.3. The van der Waals surface area contributed by atoms with Crippen LogP contribution in [0.25, 0.3) is 5.69 Å². The predicted molar refractivity (Wildman–Crippen MR) is 68.0 cm³/mol. The molecule has 1 heterocycles. The lowest BCUT2D eigenvalue weighted by molar-refractivity contribution is 0.605. The first-order valence-corrected chi connectivity index (χ1v) is 6.63. The summed E-state index contributed by atoms with van der Waals surface area (Å²) in [4.78, 5) is 4.36. The van der Waals surface area contributed by atoms with E-state index >= 15 is 0 Å². The molecule has 0 spiro atoms. The number of halogens is 1. The number of para-hydroxylation sites is 1. The zero-order chi connectivity index (χ0) is 12.4. The Morgan fingerprint density at radius 2 is 2.06 bits per heavy atom. The molecule has 0 saturated carbocycles. The number of rotatable bonds is 3. The zero-order valence-electron chi connectivity index (χ0n) is 10.0. The Kier molecular flexibility index (Phi) is 3.47. The molecule has 1 aromatic carbocycles. The minimum absolute atomic E-state index is 0.177. The molecule has 0 bridgehead atoms. The second-order valence-corrected chi connectivity index (χ2v) is 4.94. The van der Waals surface area contributed by atoms with Crippen LogP contribution >= 0.6 is 11.8 Å². The van der Waals surface area contributed by atoms with Crippen LogP contribution in [0.15, 0.2) is 24.3 Å². The number of nitrogens with zero attached hydrogens (tertiary/aromatic N) is 3. The van der Waals surface area contributed by atoms with Gasteiger partial charge in [0, 0.05) is 0 Å². The maximum absolute atomic E-state index is 13.7. The lowest BCUT2D eigenvalue weighted by Crippen LogP contribution is -2.06.